The van der Waals surface area contributed by atoms with Crippen LogP contribution in [0.5, 0.6) is 0 Å². The quantitative estimate of drug-likeness (QED) is 0.189. The van der Waals surface area contributed by atoms with Gasteiger partial charge in [0.25, 0.3) is 0 Å². The molecule has 8 aromatic rings. The Morgan fingerprint density at radius 1 is 0.455 bits per heavy atom. The zero-order chi connectivity index (χ0) is 29.5. The molecule has 0 bridgehead atoms. The Labute approximate surface area is 255 Å². The number of para-hydroxylation sites is 2. The molecule has 7 aromatic carbocycles. The van der Waals surface area contributed by atoms with E-state index in [-0.39, 0.29) is 0 Å². The number of rotatable bonds is 6. The minimum Gasteiger partial charge on any atom is -0.310 e. The fourth-order valence-electron chi connectivity index (χ4n) is 6.31. The molecule has 0 spiro atoms. The fourth-order valence-corrected chi connectivity index (χ4v) is 6.31. The lowest BCUT2D eigenvalue weighted by atomic mass is 9.92. The number of benzene rings is 7. The van der Waals surface area contributed by atoms with Crippen LogP contribution in [0.15, 0.2) is 158 Å². The largest absolute Gasteiger partial charge is 0.310 e. The van der Waals surface area contributed by atoms with Crippen LogP contribution in [0.3, 0.4) is 0 Å². The molecule has 0 fully saturated rings. The predicted octanol–water partition coefficient (Wildman–Crippen LogP) is 10.8. The summed E-state index contributed by atoms with van der Waals surface area (Å²) in [5, 5.41) is 16.6. The van der Waals surface area contributed by atoms with Gasteiger partial charge in [0, 0.05) is 34.0 Å². The number of hydrogen-bond acceptors (Lipinski definition) is 4. The SMILES string of the molecule is N#Cc1ccc(N(c2ccccc2)c2ccc3ccc4c(N(c5ccccc5)c5ccccn5)ccc5ccc2c3c54)cc1. The van der Waals surface area contributed by atoms with Crippen LogP contribution in [0, 0.1) is 11.3 Å². The molecule has 0 atom stereocenters. The van der Waals surface area contributed by atoms with Gasteiger partial charge in [-0.05, 0) is 94.3 Å². The molecule has 4 nitrogen and oxygen atoms in total. The first kappa shape index (κ1) is 25.5. The molecule has 0 unspecified atom stereocenters. The van der Waals surface area contributed by atoms with Gasteiger partial charge in [-0.3, -0.25) is 4.90 Å². The van der Waals surface area contributed by atoms with Crippen molar-refractivity contribution in [3.8, 4) is 6.07 Å². The van der Waals surface area contributed by atoms with Gasteiger partial charge in [-0.2, -0.15) is 5.26 Å². The fraction of sp³-hybridized carbons (Fsp3) is 0. The van der Waals surface area contributed by atoms with Gasteiger partial charge in [0.1, 0.15) is 5.82 Å². The van der Waals surface area contributed by atoms with Crippen LogP contribution >= 0.6 is 0 Å². The second-order valence-corrected chi connectivity index (χ2v) is 10.8. The Kier molecular flexibility index (Phi) is 6.14. The van der Waals surface area contributed by atoms with E-state index in [1.54, 1.807) is 0 Å². The van der Waals surface area contributed by atoms with Crippen molar-refractivity contribution in [1.82, 2.24) is 4.98 Å². The van der Waals surface area contributed by atoms with Gasteiger partial charge in [0.15, 0.2) is 0 Å². The maximum absolute atomic E-state index is 9.44. The average molecular weight is 563 g/mol. The van der Waals surface area contributed by atoms with Crippen molar-refractivity contribution in [2.24, 2.45) is 0 Å². The van der Waals surface area contributed by atoms with E-state index in [0.717, 1.165) is 45.0 Å². The van der Waals surface area contributed by atoms with Gasteiger partial charge in [-0.1, -0.05) is 78.9 Å². The summed E-state index contributed by atoms with van der Waals surface area (Å²) in [5.41, 5.74) is 5.90. The van der Waals surface area contributed by atoms with Crippen molar-refractivity contribution in [2.45, 2.75) is 0 Å². The van der Waals surface area contributed by atoms with Gasteiger partial charge in [-0.25, -0.2) is 4.98 Å². The Hall–Kier alpha value is -6.18. The van der Waals surface area contributed by atoms with Crippen LogP contribution in [-0.4, -0.2) is 4.98 Å². The van der Waals surface area contributed by atoms with Crippen LogP contribution in [-0.2, 0) is 0 Å². The highest BCUT2D eigenvalue weighted by molar-refractivity contribution is 6.28. The zero-order valence-corrected chi connectivity index (χ0v) is 23.8. The van der Waals surface area contributed by atoms with E-state index in [1.165, 1.54) is 21.5 Å². The topological polar surface area (TPSA) is 43.2 Å². The van der Waals surface area contributed by atoms with Crippen LogP contribution in [0.4, 0.5) is 34.3 Å². The van der Waals surface area contributed by atoms with Crippen molar-refractivity contribution in [3.63, 3.8) is 0 Å². The van der Waals surface area contributed by atoms with Gasteiger partial charge < -0.3 is 4.90 Å². The lowest BCUT2D eigenvalue weighted by Gasteiger charge is -2.29. The van der Waals surface area contributed by atoms with Gasteiger partial charge in [0.05, 0.1) is 23.0 Å². The summed E-state index contributed by atoms with van der Waals surface area (Å²) in [6.45, 7) is 0. The van der Waals surface area contributed by atoms with Crippen LogP contribution in [0.2, 0.25) is 0 Å². The third-order valence-corrected chi connectivity index (χ3v) is 8.26. The minimum atomic E-state index is 0.639. The minimum absolute atomic E-state index is 0.639. The second kappa shape index (κ2) is 10.6. The first-order valence-corrected chi connectivity index (χ1v) is 14.6. The van der Waals surface area contributed by atoms with E-state index in [2.05, 4.69) is 119 Å². The van der Waals surface area contributed by atoms with E-state index >= 15 is 0 Å². The highest BCUT2D eigenvalue weighted by Crippen LogP contribution is 2.47. The lowest BCUT2D eigenvalue weighted by molar-refractivity contribution is 1.19. The summed E-state index contributed by atoms with van der Waals surface area (Å²) in [7, 11) is 0. The molecule has 1 aromatic heterocycles. The summed E-state index contributed by atoms with van der Waals surface area (Å²) >= 11 is 0. The molecule has 0 radical (unpaired) electrons. The number of hydrogen-bond donors (Lipinski definition) is 0. The lowest BCUT2D eigenvalue weighted by Crippen LogP contribution is -2.12. The summed E-state index contributed by atoms with van der Waals surface area (Å²) in [6.07, 6.45) is 1.84. The highest BCUT2D eigenvalue weighted by atomic mass is 15.2. The smallest absolute Gasteiger partial charge is 0.137 e. The Morgan fingerprint density at radius 2 is 0.955 bits per heavy atom. The molecule has 44 heavy (non-hydrogen) atoms. The van der Waals surface area contributed by atoms with Crippen LogP contribution in [0.1, 0.15) is 5.56 Å². The summed E-state index contributed by atoms with van der Waals surface area (Å²) < 4.78 is 0. The third-order valence-electron chi connectivity index (χ3n) is 8.26. The Bertz CT molecular complexity index is 2230. The second-order valence-electron chi connectivity index (χ2n) is 10.8. The normalized spacial score (nSPS) is 11.2. The molecule has 0 aliphatic heterocycles. The summed E-state index contributed by atoms with van der Waals surface area (Å²) in [6, 6.07) is 54.7. The molecule has 4 heteroatoms. The number of anilines is 6. The van der Waals surface area contributed by atoms with E-state index in [1.807, 2.05) is 54.7 Å². The van der Waals surface area contributed by atoms with E-state index in [4.69, 9.17) is 4.98 Å². The molecule has 0 saturated heterocycles. The number of pyridine rings is 1. The van der Waals surface area contributed by atoms with Crippen molar-refractivity contribution in [2.75, 3.05) is 9.80 Å². The molecule has 8 rings (SSSR count). The Balaban J connectivity index is 1.40. The molecule has 0 aliphatic carbocycles. The molecular weight excluding hydrogens is 536 g/mol. The monoisotopic (exact) mass is 562 g/mol. The number of nitrogens with zero attached hydrogens (tertiary/aromatic N) is 4. The van der Waals surface area contributed by atoms with Crippen molar-refractivity contribution in [3.05, 3.63) is 163 Å². The summed E-state index contributed by atoms with van der Waals surface area (Å²) in [4.78, 5) is 9.27. The summed E-state index contributed by atoms with van der Waals surface area (Å²) in [5.74, 6) is 0.866. The number of aromatic nitrogens is 1. The first-order chi connectivity index (χ1) is 21.8. The molecule has 1 heterocycles. The van der Waals surface area contributed by atoms with E-state index < -0.39 is 0 Å². The molecule has 0 N–H and O–H groups in total. The standard InChI is InChI=1S/C40H26N4/c41-27-28-14-20-33(21-15-28)43(31-9-3-1-4-10-31)36-24-18-29-17-23-35-37(25-19-30-16-22-34(36)39(29)40(30)35)44(32-11-5-2-6-12-32)38-13-7-8-26-42-38/h1-26H. The van der Waals surface area contributed by atoms with Gasteiger partial charge >= 0.3 is 0 Å². The van der Waals surface area contributed by atoms with Gasteiger partial charge in [-0.15, -0.1) is 0 Å². The third kappa shape index (κ3) is 4.19. The van der Waals surface area contributed by atoms with Gasteiger partial charge in [0.2, 0.25) is 0 Å². The maximum Gasteiger partial charge on any atom is 0.137 e. The first-order valence-electron chi connectivity index (χ1n) is 14.6. The number of nitriles is 1. The molecular formula is C40H26N4. The molecule has 0 aliphatic rings. The molecule has 206 valence electrons. The van der Waals surface area contributed by atoms with E-state index in [9.17, 15) is 5.26 Å². The van der Waals surface area contributed by atoms with Crippen LogP contribution < -0.4 is 9.80 Å². The zero-order valence-electron chi connectivity index (χ0n) is 23.8. The highest BCUT2D eigenvalue weighted by Gasteiger charge is 2.21. The van der Waals surface area contributed by atoms with Crippen molar-refractivity contribution in [1.29, 1.82) is 5.26 Å². The predicted molar refractivity (Wildman–Crippen MR) is 182 cm³/mol. The average Bonchev–Trinajstić information content (AvgIpc) is 3.10. The van der Waals surface area contributed by atoms with E-state index in [0.29, 0.717) is 5.56 Å². The van der Waals surface area contributed by atoms with Crippen molar-refractivity contribution < 1.29 is 0 Å². The van der Waals surface area contributed by atoms with Crippen molar-refractivity contribution >= 4 is 66.6 Å². The Morgan fingerprint density at radius 3 is 1.50 bits per heavy atom. The molecule has 0 amide bonds. The molecule has 0 saturated carbocycles. The maximum atomic E-state index is 9.44. The van der Waals surface area contributed by atoms with Crippen LogP contribution in [0.25, 0.3) is 32.3 Å².